The average Bonchev–Trinajstić information content (AvgIpc) is 2.30. The Balaban J connectivity index is 2.63. The van der Waals surface area contributed by atoms with Crippen molar-refractivity contribution in [3.63, 3.8) is 0 Å². The van der Waals surface area contributed by atoms with Crippen LogP contribution in [0.15, 0.2) is 12.1 Å². The second-order valence-corrected chi connectivity index (χ2v) is 3.43. The lowest BCUT2D eigenvalue weighted by Crippen LogP contribution is -2.06. The first-order chi connectivity index (χ1) is 8.06. The zero-order chi connectivity index (χ0) is 12.8. The minimum Gasteiger partial charge on any atom is -0.504 e. The number of aromatic hydroxyl groups is 3. The molecule has 0 fully saturated rings. The molecule has 0 atom stereocenters. The molecule has 6 heteroatoms. The van der Waals surface area contributed by atoms with Crippen LogP contribution in [-0.4, -0.2) is 39.6 Å². The summed E-state index contributed by atoms with van der Waals surface area (Å²) in [7, 11) is 0. The third-order valence-electron chi connectivity index (χ3n) is 2.09. The van der Waals surface area contributed by atoms with Gasteiger partial charge in [-0.1, -0.05) is 0 Å². The second-order valence-electron chi connectivity index (χ2n) is 3.43. The molecule has 6 nitrogen and oxygen atoms in total. The summed E-state index contributed by atoms with van der Waals surface area (Å²) >= 11 is 0. The van der Waals surface area contributed by atoms with Crippen LogP contribution in [0.25, 0.3) is 0 Å². The van der Waals surface area contributed by atoms with Gasteiger partial charge in [0.15, 0.2) is 17.2 Å². The molecule has 0 spiro atoms. The van der Waals surface area contributed by atoms with Crippen molar-refractivity contribution in [2.75, 3.05) is 13.2 Å². The van der Waals surface area contributed by atoms with E-state index in [1.165, 1.54) is 0 Å². The van der Waals surface area contributed by atoms with E-state index in [0.717, 1.165) is 12.1 Å². The summed E-state index contributed by atoms with van der Waals surface area (Å²) in [6.07, 6.45) is 1.05. The normalized spacial score (nSPS) is 10.2. The third kappa shape index (κ3) is 3.53. The fourth-order valence-corrected chi connectivity index (χ4v) is 1.18. The smallest absolute Gasteiger partial charge is 0.338 e. The van der Waals surface area contributed by atoms with Gasteiger partial charge in [-0.15, -0.1) is 0 Å². The van der Waals surface area contributed by atoms with Crippen LogP contribution in [0.1, 0.15) is 23.2 Å². The number of hydrogen-bond donors (Lipinski definition) is 4. The highest BCUT2D eigenvalue weighted by atomic mass is 16.5. The van der Waals surface area contributed by atoms with Crippen molar-refractivity contribution in [3.05, 3.63) is 17.7 Å². The van der Waals surface area contributed by atoms with E-state index in [1.807, 2.05) is 0 Å². The Labute approximate surface area is 97.7 Å². The second kappa shape index (κ2) is 5.95. The van der Waals surface area contributed by atoms with E-state index in [9.17, 15) is 15.0 Å². The Morgan fingerprint density at radius 1 is 1.12 bits per heavy atom. The molecule has 17 heavy (non-hydrogen) atoms. The number of aliphatic hydroxyl groups excluding tert-OH is 1. The van der Waals surface area contributed by atoms with Gasteiger partial charge in [0.2, 0.25) is 0 Å². The molecule has 0 aliphatic carbocycles. The molecule has 0 aliphatic heterocycles. The number of esters is 1. The molecular formula is C11H14O6. The summed E-state index contributed by atoms with van der Waals surface area (Å²) in [5.41, 5.74) is -0.0539. The molecule has 0 saturated carbocycles. The minimum absolute atomic E-state index is 0.0261. The fourth-order valence-electron chi connectivity index (χ4n) is 1.18. The first-order valence-electron chi connectivity index (χ1n) is 5.09. The van der Waals surface area contributed by atoms with Crippen LogP contribution in [-0.2, 0) is 4.74 Å². The number of aliphatic hydroxyl groups is 1. The van der Waals surface area contributed by atoms with Gasteiger partial charge in [0, 0.05) is 6.61 Å². The summed E-state index contributed by atoms with van der Waals surface area (Å²) < 4.78 is 4.83. The van der Waals surface area contributed by atoms with E-state index in [0.29, 0.717) is 12.8 Å². The lowest BCUT2D eigenvalue weighted by molar-refractivity contribution is 0.0491. The predicted molar refractivity (Wildman–Crippen MR) is 58.0 cm³/mol. The van der Waals surface area contributed by atoms with E-state index in [2.05, 4.69) is 0 Å². The summed E-state index contributed by atoms with van der Waals surface area (Å²) in [4.78, 5) is 11.4. The maximum absolute atomic E-state index is 11.4. The first-order valence-corrected chi connectivity index (χ1v) is 5.09. The zero-order valence-electron chi connectivity index (χ0n) is 9.09. The number of phenols is 3. The van der Waals surface area contributed by atoms with E-state index in [1.54, 1.807) is 0 Å². The Kier molecular flexibility index (Phi) is 4.59. The van der Waals surface area contributed by atoms with Gasteiger partial charge >= 0.3 is 5.97 Å². The van der Waals surface area contributed by atoms with Crippen LogP contribution < -0.4 is 0 Å². The number of hydrogen-bond acceptors (Lipinski definition) is 6. The van der Waals surface area contributed by atoms with Crippen molar-refractivity contribution < 1.29 is 30.0 Å². The van der Waals surface area contributed by atoms with Gasteiger partial charge in [0.1, 0.15) is 0 Å². The number of carbonyl (C=O) groups excluding carboxylic acids is 1. The molecule has 1 aromatic carbocycles. The summed E-state index contributed by atoms with van der Waals surface area (Å²) in [5, 5.41) is 36.0. The van der Waals surface area contributed by atoms with Crippen LogP contribution in [0, 0.1) is 0 Å². The average molecular weight is 242 g/mol. The lowest BCUT2D eigenvalue weighted by atomic mass is 10.2. The van der Waals surface area contributed by atoms with Crippen molar-refractivity contribution in [1.82, 2.24) is 0 Å². The summed E-state index contributed by atoms with van der Waals surface area (Å²) in [6.45, 7) is 0.167. The Bertz CT molecular complexity index is 378. The highest BCUT2D eigenvalue weighted by Gasteiger charge is 2.14. The molecule has 0 radical (unpaired) electrons. The molecule has 0 amide bonds. The van der Waals surface area contributed by atoms with Crippen LogP contribution >= 0.6 is 0 Å². The van der Waals surface area contributed by atoms with Gasteiger partial charge in [0.25, 0.3) is 0 Å². The van der Waals surface area contributed by atoms with Crippen molar-refractivity contribution in [2.24, 2.45) is 0 Å². The Hall–Kier alpha value is -1.95. The number of rotatable bonds is 5. The van der Waals surface area contributed by atoms with Crippen LogP contribution in [0.5, 0.6) is 17.2 Å². The number of carbonyl (C=O) groups is 1. The van der Waals surface area contributed by atoms with Crippen LogP contribution in [0.2, 0.25) is 0 Å². The molecule has 0 aliphatic rings. The third-order valence-corrected chi connectivity index (χ3v) is 2.09. The number of unbranched alkanes of at least 4 members (excludes halogenated alkanes) is 1. The van der Waals surface area contributed by atoms with Crippen LogP contribution in [0.4, 0.5) is 0 Å². The molecule has 0 saturated heterocycles. The monoisotopic (exact) mass is 242 g/mol. The standard InChI is InChI=1S/C11H14O6/c12-3-1-2-4-17-11(16)7-5-8(13)10(15)9(14)6-7/h5-6,12-15H,1-4H2. The van der Waals surface area contributed by atoms with Gasteiger partial charge < -0.3 is 25.2 Å². The maximum atomic E-state index is 11.4. The quantitative estimate of drug-likeness (QED) is 0.344. The Morgan fingerprint density at radius 3 is 2.24 bits per heavy atom. The predicted octanol–water partition coefficient (Wildman–Crippen LogP) is 0.733. The molecule has 0 heterocycles. The fraction of sp³-hybridized carbons (Fsp3) is 0.364. The lowest BCUT2D eigenvalue weighted by Gasteiger charge is -2.06. The Morgan fingerprint density at radius 2 is 1.71 bits per heavy atom. The minimum atomic E-state index is -0.714. The SMILES string of the molecule is O=C(OCCCCO)c1cc(O)c(O)c(O)c1. The van der Waals surface area contributed by atoms with Crippen molar-refractivity contribution in [3.8, 4) is 17.2 Å². The number of phenolic OH excluding ortho intramolecular Hbond substituents is 3. The van der Waals surface area contributed by atoms with E-state index < -0.39 is 23.2 Å². The first kappa shape index (κ1) is 13.1. The molecule has 1 aromatic rings. The van der Waals surface area contributed by atoms with Crippen molar-refractivity contribution in [1.29, 1.82) is 0 Å². The van der Waals surface area contributed by atoms with Gasteiger partial charge in [-0.05, 0) is 25.0 Å². The summed E-state index contributed by atoms with van der Waals surface area (Å²) in [5.74, 6) is -2.57. The number of ether oxygens (including phenoxy) is 1. The maximum Gasteiger partial charge on any atom is 0.338 e. The van der Waals surface area contributed by atoms with Gasteiger partial charge in [-0.25, -0.2) is 4.79 Å². The highest BCUT2D eigenvalue weighted by Crippen LogP contribution is 2.35. The number of benzene rings is 1. The van der Waals surface area contributed by atoms with Gasteiger partial charge in [-0.2, -0.15) is 0 Å². The molecule has 94 valence electrons. The highest BCUT2D eigenvalue weighted by molar-refractivity contribution is 5.91. The summed E-state index contributed by atoms with van der Waals surface area (Å²) in [6, 6.07) is 2.01. The van der Waals surface area contributed by atoms with E-state index in [4.69, 9.17) is 14.9 Å². The zero-order valence-corrected chi connectivity index (χ0v) is 9.09. The molecular weight excluding hydrogens is 228 g/mol. The molecule has 0 aromatic heterocycles. The van der Waals surface area contributed by atoms with Gasteiger partial charge in [0.05, 0.1) is 12.2 Å². The van der Waals surface area contributed by atoms with E-state index >= 15 is 0 Å². The topological polar surface area (TPSA) is 107 Å². The molecule has 1 rings (SSSR count). The van der Waals surface area contributed by atoms with Crippen LogP contribution in [0.3, 0.4) is 0 Å². The van der Waals surface area contributed by atoms with Crippen molar-refractivity contribution >= 4 is 5.97 Å². The molecule has 4 N–H and O–H groups in total. The van der Waals surface area contributed by atoms with Crippen molar-refractivity contribution in [2.45, 2.75) is 12.8 Å². The molecule has 0 unspecified atom stereocenters. The van der Waals surface area contributed by atoms with Gasteiger partial charge in [-0.3, -0.25) is 0 Å². The largest absolute Gasteiger partial charge is 0.504 e. The molecule has 0 bridgehead atoms. The van der Waals surface area contributed by atoms with E-state index in [-0.39, 0.29) is 18.8 Å².